The number of nitrogens with one attached hydrogen (secondary N) is 3. The van der Waals surface area contributed by atoms with Crippen LogP contribution in [-0.2, 0) is 17.8 Å². The fourth-order valence-corrected chi connectivity index (χ4v) is 3.70. The number of halogens is 1. The summed E-state index contributed by atoms with van der Waals surface area (Å²) in [6.45, 7) is 1.02. The van der Waals surface area contributed by atoms with Crippen LogP contribution in [0.15, 0.2) is 85.1 Å². The van der Waals surface area contributed by atoms with Crippen molar-refractivity contribution in [1.29, 1.82) is 0 Å². The number of hydrogen-bond acceptors (Lipinski definition) is 4. The van der Waals surface area contributed by atoms with Gasteiger partial charge in [0.25, 0.3) is 5.91 Å². The van der Waals surface area contributed by atoms with Crippen LogP contribution in [0.25, 0.3) is 17.0 Å². The Morgan fingerprint density at radius 1 is 1.06 bits per heavy atom. The summed E-state index contributed by atoms with van der Waals surface area (Å²) in [6.07, 6.45) is 5.62. The lowest BCUT2D eigenvalue weighted by molar-refractivity contribution is -0.124. The van der Waals surface area contributed by atoms with Crippen molar-refractivity contribution in [2.45, 2.75) is 19.0 Å². The molecule has 1 aromatic heterocycles. The van der Waals surface area contributed by atoms with Gasteiger partial charge in [0, 0.05) is 35.8 Å². The molecule has 0 bridgehead atoms. The second-order valence-corrected chi connectivity index (χ2v) is 7.96. The van der Waals surface area contributed by atoms with Crippen LogP contribution in [0.1, 0.15) is 16.7 Å². The van der Waals surface area contributed by atoms with Crippen molar-refractivity contribution in [3.05, 3.63) is 108 Å². The van der Waals surface area contributed by atoms with Gasteiger partial charge in [-0.25, -0.2) is 9.87 Å². The predicted molar refractivity (Wildman–Crippen MR) is 130 cm³/mol. The molecule has 0 aliphatic rings. The van der Waals surface area contributed by atoms with Crippen LogP contribution in [0.5, 0.6) is 5.75 Å². The van der Waals surface area contributed by atoms with Gasteiger partial charge in [0.15, 0.2) is 0 Å². The van der Waals surface area contributed by atoms with Crippen LogP contribution in [0.3, 0.4) is 0 Å². The number of aromatic amines is 1. The molecule has 0 aliphatic carbocycles. The highest BCUT2D eigenvalue weighted by Crippen LogP contribution is 2.20. The van der Waals surface area contributed by atoms with Crippen LogP contribution < -0.4 is 15.5 Å². The number of para-hydroxylation sites is 1. The zero-order valence-corrected chi connectivity index (χ0v) is 18.5. The molecule has 7 heteroatoms. The summed E-state index contributed by atoms with van der Waals surface area (Å²) < 4.78 is 19.3. The van der Waals surface area contributed by atoms with E-state index in [2.05, 4.69) is 22.4 Å². The van der Waals surface area contributed by atoms with Crippen LogP contribution in [0, 0.1) is 5.82 Å². The molecular formula is C27H26FN3O3. The van der Waals surface area contributed by atoms with Crippen molar-refractivity contribution in [2.75, 3.05) is 6.61 Å². The number of ether oxygens (including phenoxy) is 1. The van der Waals surface area contributed by atoms with Crippen molar-refractivity contribution in [3.63, 3.8) is 0 Å². The average Bonchev–Trinajstić information content (AvgIpc) is 3.28. The van der Waals surface area contributed by atoms with Gasteiger partial charge in [-0.05, 0) is 59.5 Å². The molecule has 34 heavy (non-hydrogen) atoms. The summed E-state index contributed by atoms with van der Waals surface area (Å²) in [5.41, 5.74) is 5.64. The van der Waals surface area contributed by atoms with Crippen molar-refractivity contribution in [1.82, 2.24) is 15.8 Å². The maximum Gasteiger partial charge on any atom is 0.267 e. The molecule has 0 fully saturated rings. The molecule has 4 rings (SSSR count). The van der Waals surface area contributed by atoms with Gasteiger partial charge in [-0.1, -0.05) is 42.5 Å². The van der Waals surface area contributed by atoms with Crippen molar-refractivity contribution in [3.8, 4) is 5.75 Å². The molecule has 1 amide bonds. The topological polar surface area (TPSA) is 86.4 Å². The first-order valence-corrected chi connectivity index (χ1v) is 11.0. The highest BCUT2D eigenvalue weighted by molar-refractivity contribution is 5.90. The third kappa shape index (κ3) is 6.31. The second-order valence-electron chi connectivity index (χ2n) is 7.96. The Hall–Kier alpha value is -3.94. The minimum absolute atomic E-state index is 0.0112. The number of H-pyrrole nitrogens is 1. The summed E-state index contributed by atoms with van der Waals surface area (Å²) >= 11 is 0. The summed E-state index contributed by atoms with van der Waals surface area (Å²) in [5, 5.41) is 13.3. The number of carbonyl (C=O) groups excluding carboxylic acids is 1. The molecule has 0 radical (unpaired) electrons. The standard InChI is InChI=1S/C27H26FN3O3/c28-22-10-5-20(6-11-22)16-29-23(15-21-17-30-26-4-2-1-3-25(21)26)18-34-24-12-7-19(8-13-24)9-14-27(32)31-33/h1-14,17,23,29-30,33H,15-16,18H2,(H,31,32)/b14-9+/t23-/m0/s1. The molecule has 4 aromatic rings. The third-order valence-electron chi connectivity index (χ3n) is 5.52. The Kier molecular flexibility index (Phi) is 7.70. The largest absolute Gasteiger partial charge is 0.492 e. The Morgan fingerprint density at radius 2 is 1.82 bits per heavy atom. The van der Waals surface area contributed by atoms with Gasteiger partial charge in [0.1, 0.15) is 18.2 Å². The van der Waals surface area contributed by atoms with Gasteiger partial charge < -0.3 is 15.0 Å². The highest BCUT2D eigenvalue weighted by Gasteiger charge is 2.14. The van der Waals surface area contributed by atoms with E-state index in [-0.39, 0.29) is 11.9 Å². The monoisotopic (exact) mass is 459 g/mol. The third-order valence-corrected chi connectivity index (χ3v) is 5.52. The van der Waals surface area contributed by atoms with Crippen LogP contribution in [0.4, 0.5) is 4.39 Å². The molecule has 3 aromatic carbocycles. The zero-order chi connectivity index (χ0) is 23.8. The first-order chi connectivity index (χ1) is 16.6. The van der Waals surface area contributed by atoms with Gasteiger partial charge in [-0.3, -0.25) is 10.0 Å². The first-order valence-electron chi connectivity index (χ1n) is 11.0. The number of benzene rings is 3. The van der Waals surface area contributed by atoms with E-state index in [4.69, 9.17) is 9.94 Å². The molecule has 0 saturated heterocycles. The first kappa shape index (κ1) is 23.2. The van der Waals surface area contributed by atoms with Gasteiger partial charge in [0.05, 0.1) is 0 Å². The van der Waals surface area contributed by atoms with E-state index in [9.17, 15) is 9.18 Å². The maximum atomic E-state index is 13.2. The normalized spacial score (nSPS) is 12.2. The minimum Gasteiger partial charge on any atom is -0.492 e. The van der Waals surface area contributed by atoms with Gasteiger partial charge in [-0.2, -0.15) is 0 Å². The van der Waals surface area contributed by atoms with Crippen LogP contribution in [-0.4, -0.2) is 28.7 Å². The lowest BCUT2D eigenvalue weighted by Gasteiger charge is -2.20. The zero-order valence-electron chi connectivity index (χ0n) is 18.5. The van der Waals surface area contributed by atoms with Gasteiger partial charge >= 0.3 is 0 Å². The van der Waals surface area contributed by atoms with Crippen LogP contribution in [0.2, 0.25) is 0 Å². The van der Waals surface area contributed by atoms with E-state index >= 15 is 0 Å². The number of hydrogen-bond donors (Lipinski definition) is 4. The number of rotatable bonds is 10. The highest BCUT2D eigenvalue weighted by atomic mass is 19.1. The number of hydroxylamine groups is 1. The summed E-state index contributed by atoms with van der Waals surface area (Å²) in [4.78, 5) is 14.4. The summed E-state index contributed by atoms with van der Waals surface area (Å²) in [5.74, 6) is -0.137. The summed E-state index contributed by atoms with van der Waals surface area (Å²) in [6, 6.07) is 22.0. The molecule has 1 atom stereocenters. The van der Waals surface area contributed by atoms with E-state index in [0.717, 1.165) is 23.1 Å². The van der Waals surface area contributed by atoms with E-state index in [1.54, 1.807) is 23.7 Å². The Labute approximate surface area is 197 Å². The molecule has 6 nitrogen and oxygen atoms in total. The minimum atomic E-state index is -0.590. The number of amides is 1. The van der Waals surface area contributed by atoms with Gasteiger partial charge in [-0.15, -0.1) is 0 Å². The molecule has 0 unspecified atom stereocenters. The average molecular weight is 460 g/mol. The molecular weight excluding hydrogens is 433 g/mol. The Balaban J connectivity index is 1.43. The fraction of sp³-hybridized carbons (Fsp3) is 0.148. The lowest BCUT2D eigenvalue weighted by Crippen LogP contribution is -2.36. The number of fused-ring (bicyclic) bond motifs is 1. The molecule has 0 aliphatic heterocycles. The van der Waals surface area contributed by atoms with E-state index in [1.165, 1.54) is 29.2 Å². The van der Waals surface area contributed by atoms with Crippen molar-refractivity contribution in [2.24, 2.45) is 0 Å². The van der Waals surface area contributed by atoms with E-state index < -0.39 is 5.91 Å². The van der Waals surface area contributed by atoms with Crippen LogP contribution >= 0.6 is 0 Å². The van der Waals surface area contributed by atoms with E-state index in [1.807, 2.05) is 42.6 Å². The van der Waals surface area contributed by atoms with Crippen molar-refractivity contribution < 1.29 is 19.1 Å². The van der Waals surface area contributed by atoms with Gasteiger partial charge in [0.2, 0.25) is 0 Å². The molecule has 0 saturated carbocycles. The molecule has 0 spiro atoms. The smallest absolute Gasteiger partial charge is 0.267 e. The Morgan fingerprint density at radius 3 is 2.59 bits per heavy atom. The molecule has 1 heterocycles. The fourth-order valence-electron chi connectivity index (χ4n) is 3.70. The Bertz CT molecular complexity index is 1250. The SMILES string of the molecule is O=C(/C=C/c1ccc(OC[C@H](Cc2c[nH]c3ccccc23)NCc2ccc(F)cc2)cc1)NO. The lowest BCUT2D eigenvalue weighted by atomic mass is 10.0. The summed E-state index contributed by atoms with van der Waals surface area (Å²) in [7, 11) is 0. The predicted octanol–water partition coefficient (Wildman–Crippen LogP) is 4.61. The van der Waals surface area contributed by atoms with Crippen molar-refractivity contribution >= 4 is 22.9 Å². The number of aromatic nitrogens is 1. The number of carbonyl (C=O) groups is 1. The molecule has 4 N–H and O–H groups in total. The maximum absolute atomic E-state index is 13.2. The quantitative estimate of drug-likeness (QED) is 0.159. The van der Waals surface area contributed by atoms with E-state index in [0.29, 0.717) is 18.9 Å². The molecule has 174 valence electrons. The second kappa shape index (κ2) is 11.3.